The number of hydrogen-bond donors (Lipinski definition) is 2. The van der Waals surface area contributed by atoms with Gasteiger partial charge in [-0.3, -0.25) is 9.59 Å². The highest BCUT2D eigenvalue weighted by atomic mass is 16.5. The molecule has 1 aromatic rings. The Bertz CT molecular complexity index is 566. The molecule has 0 aliphatic carbocycles. The Kier molecular flexibility index (Phi) is 5.60. The molecule has 0 spiro atoms. The lowest BCUT2D eigenvalue weighted by molar-refractivity contribution is -0.139. The number of carbonyl (C=O) groups excluding carboxylic acids is 1. The van der Waals surface area contributed by atoms with Gasteiger partial charge >= 0.3 is 5.97 Å². The third-order valence-corrected chi connectivity index (χ3v) is 4.16. The van der Waals surface area contributed by atoms with Gasteiger partial charge in [0.05, 0.1) is 25.7 Å². The second kappa shape index (κ2) is 7.46. The Morgan fingerprint density at radius 1 is 1.43 bits per heavy atom. The van der Waals surface area contributed by atoms with Crippen molar-refractivity contribution in [2.24, 2.45) is 0 Å². The van der Waals surface area contributed by atoms with Crippen LogP contribution in [0, 0.1) is 0 Å². The molecule has 1 fully saturated rings. The predicted molar refractivity (Wildman–Crippen MR) is 84.6 cm³/mol. The molecule has 1 aromatic carbocycles. The first-order valence-corrected chi connectivity index (χ1v) is 7.69. The number of carboxylic acids is 1. The first-order valence-electron chi connectivity index (χ1n) is 7.69. The zero-order valence-corrected chi connectivity index (χ0v) is 13.5. The van der Waals surface area contributed by atoms with E-state index in [4.69, 9.17) is 14.6 Å². The van der Waals surface area contributed by atoms with Crippen LogP contribution in [0.2, 0.25) is 0 Å². The van der Waals surface area contributed by atoms with Gasteiger partial charge in [0.1, 0.15) is 5.75 Å². The number of hydrogen-bond acceptors (Lipinski definition) is 4. The third kappa shape index (κ3) is 4.45. The molecule has 6 nitrogen and oxygen atoms in total. The molecule has 2 rings (SSSR count). The number of carbonyl (C=O) groups is 2. The summed E-state index contributed by atoms with van der Waals surface area (Å²) < 4.78 is 10.6. The van der Waals surface area contributed by atoms with Crippen molar-refractivity contribution in [1.82, 2.24) is 5.32 Å². The van der Waals surface area contributed by atoms with E-state index in [9.17, 15) is 9.59 Å². The summed E-state index contributed by atoms with van der Waals surface area (Å²) in [6, 6.07) is 7.58. The molecule has 23 heavy (non-hydrogen) atoms. The molecular weight excluding hydrogens is 298 g/mol. The van der Waals surface area contributed by atoms with Crippen molar-refractivity contribution in [3.8, 4) is 5.75 Å². The molecule has 1 saturated heterocycles. The summed E-state index contributed by atoms with van der Waals surface area (Å²) >= 11 is 0. The number of methoxy groups -OCH3 is 1. The van der Waals surface area contributed by atoms with Crippen LogP contribution in [0.1, 0.15) is 37.7 Å². The molecule has 2 atom stereocenters. The monoisotopic (exact) mass is 321 g/mol. The SMILES string of the molecule is COc1ccccc1C(C)CC(=O)NC1(CC(=O)O)CCOC1. The van der Waals surface area contributed by atoms with E-state index in [1.54, 1.807) is 7.11 Å². The van der Waals surface area contributed by atoms with Gasteiger partial charge in [0.25, 0.3) is 0 Å². The summed E-state index contributed by atoms with van der Waals surface area (Å²) in [4.78, 5) is 23.4. The van der Waals surface area contributed by atoms with E-state index in [1.807, 2.05) is 31.2 Å². The molecule has 0 aromatic heterocycles. The molecule has 1 amide bonds. The van der Waals surface area contributed by atoms with E-state index in [-0.39, 0.29) is 31.3 Å². The van der Waals surface area contributed by atoms with Crippen LogP contribution in [-0.4, -0.2) is 42.8 Å². The summed E-state index contributed by atoms with van der Waals surface area (Å²) in [6.07, 6.45) is 0.664. The Morgan fingerprint density at radius 3 is 2.78 bits per heavy atom. The molecular formula is C17H23NO5. The minimum Gasteiger partial charge on any atom is -0.496 e. The Hall–Kier alpha value is -2.08. The molecule has 0 radical (unpaired) electrons. The van der Waals surface area contributed by atoms with Gasteiger partial charge < -0.3 is 19.9 Å². The molecule has 1 aliphatic rings. The van der Waals surface area contributed by atoms with Gasteiger partial charge in [-0.15, -0.1) is 0 Å². The zero-order valence-electron chi connectivity index (χ0n) is 13.5. The first-order chi connectivity index (χ1) is 11.0. The smallest absolute Gasteiger partial charge is 0.305 e. The number of benzene rings is 1. The number of aliphatic carboxylic acids is 1. The van der Waals surface area contributed by atoms with Gasteiger partial charge in [-0.25, -0.2) is 0 Å². The Morgan fingerprint density at radius 2 is 2.17 bits per heavy atom. The highest BCUT2D eigenvalue weighted by Gasteiger charge is 2.38. The topological polar surface area (TPSA) is 84.9 Å². The number of amides is 1. The van der Waals surface area contributed by atoms with Crippen LogP contribution in [0.25, 0.3) is 0 Å². The van der Waals surface area contributed by atoms with Crippen molar-refractivity contribution >= 4 is 11.9 Å². The lowest BCUT2D eigenvalue weighted by Crippen LogP contribution is -2.50. The van der Waals surface area contributed by atoms with Gasteiger partial charge in [0.15, 0.2) is 0 Å². The predicted octanol–water partition coefficient (Wildman–Crippen LogP) is 1.94. The normalized spacial score (nSPS) is 21.7. The van der Waals surface area contributed by atoms with Gasteiger partial charge in [0, 0.05) is 13.0 Å². The minimum atomic E-state index is -0.937. The molecule has 126 valence electrons. The summed E-state index contributed by atoms with van der Waals surface area (Å²) in [7, 11) is 1.60. The molecule has 1 heterocycles. The van der Waals surface area contributed by atoms with Crippen molar-refractivity contribution < 1.29 is 24.2 Å². The number of para-hydroxylation sites is 1. The van der Waals surface area contributed by atoms with Crippen molar-refractivity contribution in [2.75, 3.05) is 20.3 Å². The van der Waals surface area contributed by atoms with Gasteiger partial charge in [0.2, 0.25) is 5.91 Å². The van der Waals surface area contributed by atoms with Crippen molar-refractivity contribution in [1.29, 1.82) is 0 Å². The van der Waals surface area contributed by atoms with E-state index in [2.05, 4.69) is 5.32 Å². The average molecular weight is 321 g/mol. The fourth-order valence-electron chi connectivity index (χ4n) is 2.99. The van der Waals surface area contributed by atoms with E-state index < -0.39 is 11.5 Å². The maximum Gasteiger partial charge on any atom is 0.305 e. The second-order valence-electron chi connectivity index (χ2n) is 6.05. The summed E-state index contributed by atoms with van der Waals surface area (Å²) in [5.41, 5.74) is 0.170. The van der Waals surface area contributed by atoms with Crippen LogP contribution in [0.5, 0.6) is 5.75 Å². The number of rotatable bonds is 7. The largest absolute Gasteiger partial charge is 0.496 e. The fourth-order valence-corrected chi connectivity index (χ4v) is 2.99. The molecule has 6 heteroatoms. The van der Waals surface area contributed by atoms with Crippen LogP contribution in [0.15, 0.2) is 24.3 Å². The standard InChI is InChI=1S/C17H23NO5/c1-12(13-5-3-4-6-14(13)22-2)9-15(19)18-17(10-16(20)21)7-8-23-11-17/h3-6,12H,7-11H2,1-2H3,(H,18,19)(H,20,21). The van der Waals surface area contributed by atoms with E-state index in [0.29, 0.717) is 13.0 Å². The Balaban J connectivity index is 2.02. The van der Waals surface area contributed by atoms with E-state index >= 15 is 0 Å². The van der Waals surface area contributed by atoms with Crippen LogP contribution in [0.3, 0.4) is 0 Å². The minimum absolute atomic E-state index is 0.0321. The maximum absolute atomic E-state index is 12.4. The third-order valence-electron chi connectivity index (χ3n) is 4.16. The molecule has 2 unspecified atom stereocenters. The van der Waals surface area contributed by atoms with Crippen molar-refractivity contribution in [2.45, 2.75) is 37.6 Å². The highest BCUT2D eigenvalue weighted by Crippen LogP contribution is 2.29. The van der Waals surface area contributed by atoms with Crippen LogP contribution >= 0.6 is 0 Å². The summed E-state index contributed by atoms with van der Waals surface area (Å²) in [6.45, 7) is 2.66. The summed E-state index contributed by atoms with van der Waals surface area (Å²) in [5, 5.41) is 11.9. The number of nitrogens with one attached hydrogen (secondary N) is 1. The highest BCUT2D eigenvalue weighted by molar-refractivity contribution is 5.79. The Labute approximate surface area is 135 Å². The molecule has 1 aliphatic heterocycles. The summed E-state index contributed by atoms with van der Waals surface area (Å²) in [5.74, 6) is -0.392. The maximum atomic E-state index is 12.4. The zero-order chi connectivity index (χ0) is 16.9. The van der Waals surface area contributed by atoms with E-state index in [0.717, 1.165) is 11.3 Å². The van der Waals surface area contributed by atoms with E-state index in [1.165, 1.54) is 0 Å². The molecule has 0 saturated carbocycles. The lowest BCUT2D eigenvalue weighted by Gasteiger charge is -2.27. The molecule has 2 N–H and O–H groups in total. The molecule has 0 bridgehead atoms. The number of carboxylic acid groups (broad SMARTS) is 1. The van der Waals surface area contributed by atoms with Crippen LogP contribution in [-0.2, 0) is 14.3 Å². The fraction of sp³-hybridized carbons (Fsp3) is 0.529. The first kappa shape index (κ1) is 17.3. The van der Waals surface area contributed by atoms with Gasteiger partial charge in [-0.1, -0.05) is 25.1 Å². The van der Waals surface area contributed by atoms with Crippen molar-refractivity contribution in [3.63, 3.8) is 0 Å². The number of ether oxygens (including phenoxy) is 2. The van der Waals surface area contributed by atoms with Crippen LogP contribution in [0.4, 0.5) is 0 Å². The van der Waals surface area contributed by atoms with Crippen LogP contribution < -0.4 is 10.1 Å². The lowest BCUT2D eigenvalue weighted by atomic mass is 9.92. The quantitative estimate of drug-likeness (QED) is 0.801. The van der Waals surface area contributed by atoms with Gasteiger partial charge in [-0.05, 0) is 24.0 Å². The second-order valence-corrected chi connectivity index (χ2v) is 6.05. The van der Waals surface area contributed by atoms with Crippen molar-refractivity contribution in [3.05, 3.63) is 29.8 Å². The van der Waals surface area contributed by atoms with Gasteiger partial charge in [-0.2, -0.15) is 0 Å². The average Bonchev–Trinajstić information content (AvgIpc) is 2.93.